The third-order valence-electron chi connectivity index (χ3n) is 34.2. The van der Waals surface area contributed by atoms with Crippen molar-refractivity contribution in [1.82, 2.24) is 9.13 Å². The first kappa shape index (κ1) is 88.1. The van der Waals surface area contributed by atoms with Crippen LogP contribution in [0.3, 0.4) is 0 Å². The second kappa shape index (κ2) is 30.1. The van der Waals surface area contributed by atoms with E-state index in [9.17, 15) is 0 Å². The predicted molar refractivity (Wildman–Crippen MR) is 535 cm³/mol. The molecule has 123 heavy (non-hydrogen) atoms. The number of benzene rings is 8. The molecule has 8 aromatic rings. The van der Waals surface area contributed by atoms with E-state index in [2.05, 4.69) is 404 Å². The third kappa shape index (κ3) is 14.1. The van der Waals surface area contributed by atoms with Gasteiger partial charge in [-0.1, -0.05) is 389 Å². The Labute approximate surface area is 749 Å². The molecule has 0 saturated heterocycles. The fraction of sp³-hybridized carbons (Fsp3) is 0.529. The second-order valence-electron chi connectivity index (χ2n) is 49.7. The molecule has 0 spiro atoms. The highest BCUT2D eigenvalue weighted by atomic mass is 28.3. The summed E-state index contributed by atoms with van der Waals surface area (Å²) in [6, 6.07) is 65.9. The molecule has 0 N–H and O–H groups in total. The summed E-state index contributed by atoms with van der Waals surface area (Å²) in [7, 11) is -3.82. The van der Waals surface area contributed by atoms with Crippen molar-refractivity contribution >= 4 is 27.6 Å². The van der Waals surface area contributed by atoms with Gasteiger partial charge in [-0.05, 0) is 295 Å². The maximum Gasteiger partial charge on any atom is 0.127 e. The molecule has 0 heterocycles. The van der Waals surface area contributed by atoms with Crippen LogP contribution in [0.15, 0.2) is 193 Å². The van der Waals surface area contributed by atoms with Crippen LogP contribution in [0.1, 0.15) is 344 Å². The Morgan fingerprint density at radius 2 is 0.634 bits per heavy atom. The lowest BCUT2D eigenvalue weighted by Crippen LogP contribution is -2.65. The van der Waals surface area contributed by atoms with Crippen LogP contribution in [0.5, 0.6) is 0 Å². The van der Waals surface area contributed by atoms with Gasteiger partial charge in [-0.2, -0.15) is 0 Å². The van der Waals surface area contributed by atoms with Gasteiger partial charge in [0.2, 0.25) is 0 Å². The highest BCUT2D eigenvalue weighted by molar-refractivity contribution is 6.77. The molecule has 0 bridgehead atoms. The lowest BCUT2D eigenvalue weighted by atomic mass is 9.65. The number of hydrogen-bond acceptors (Lipinski definition) is 2. The molecule has 0 amide bonds. The summed E-state index contributed by atoms with van der Waals surface area (Å²) >= 11 is 0. The summed E-state index contributed by atoms with van der Waals surface area (Å²) in [5.74, 6) is 4.47. The van der Waals surface area contributed by atoms with E-state index in [0.29, 0.717) is 41.0 Å². The molecule has 4 fully saturated rings. The van der Waals surface area contributed by atoms with Gasteiger partial charge in [0, 0.05) is 34.0 Å². The van der Waals surface area contributed by atoms with E-state index in [1.54, 1.807) is 16.7 Å². The van der Waals surface area contributed by atoms with E-state index < -0.39 is 27.3 Å². The molecule has 10 aliphatic rings. The maximum atomic E-state index is 3.16. The molecule has 10 aliphatic carbocycles. The summed E-state index contributed by atoms with van der Waals surface area (Å²) in [5.41, 5.74) is 37.9. The maximum absolute atomic E-state index is 3.16. The van der Waals surface area contributed by atoms with Crippen LogP contribution in [-0.2, 0) is 43.3 Å². The molecule has 4 heteroatoms. The Morgan fingerprint density at radius 3 is 0.976 bits per heavy atom. The molecule has 0 aromatic heterocycles. The minimum absolute atomic E-state index is 0.0241. The molecule has 2 nitrogen and oxygen atoms in total. The van der Waals surface area contributed by atoms with Gasteiger partial charge in [0.15, 0.2) is 0 Å². The fourth-order valence-electron chi connectivity index (χ4n) is 28.7. The molecule has 0 aliphatic heterocycles. The van der Waals surface area contributed by atoms with Crippen LogP contribution in [0.2, 0.25) is 37.3 Å². The Balaban J connectivity index is 0.000000175. The minimum Gasteiger partial charge on any atom is -0.316 e. The number of nitrogens with zero attached hydrogens (tertiary/aromatic N) is 2. The van der Waals surface area contributed by atoms with Crippen LogP contribution in [0.4, 0.5) is 0 Å². The monoisotopic (exact) mass is 1670 g/mol. The van der Waals surface area contributed by atoms with Crippen LogP contribution < -0.4 is 0 Å². The predicted octanol–water partition coefficient (Wildman–Crippen LogP) is 31.9. The van der Waals surface area contributed by atoms with Gasteiger partial charge < -0.3 is 9.13 Å². The van der Waals surface area contributed by atoms with Crippen molar-refractivity contribution in [3.63, 3.8) is 0 Å². The summed E-state index contributed by atoms with van der Waals surface area (Å²) in [5, 5.41) is 0. The average molecular weight is 1670 g/mol. The molecule has 9 unspecified atom stereocenters. The second-order valence-corrected chi connectivity index (χ2v) is 58.6. The molecule has 650 valence electrons. The minimum atomic E-state index is -1.93. The van der Waals surface area contributed by atoms with Crippen molar-refractivity contribution in [3.05, 3.63) is 293 Å². The van der Waals surface area contributed by atoms with Crippen LogP contribution >= 0.6 is 0 Å². The summed E-state index contributed by atoms with van der Waals surface area (Å²) in [6.45, 7) is 77.1. The van der Waals surface area contributed by atoms with Gasteiger partial charge in [0.25, 0.3) is 0 Å². The lowest BCUT2D eigenvalue weighted by molar-refractivity contribution is 0.138. The zero-order chi connectivity index (χ0) is 88.5. The van der Waals surface area contributed by atoms with Gasteiger partial charge in [0.05, 0.1) is 10.8 Å². The van der Waals surface area contributed by atoms with E-state index in [-0.39, 0.29) is 43.6 Å². The average Bonchev–Trinajstić information content (AvgIpc) is 1.53. The SMILES string of the molecule is Cc1ccc(C2(c3ccc4c(c3)C(C)(C)C3=CC5C(C)C(C)C([Si](C)(C)N(C6CCCCC6)C(C)(C)C)C5C=C34)c3cc(C(C)(C)C)ccc3-c3ccc(C(C)(C)C)cc32)cc1.Cc1ccc(C2(c3ccc4c(c3)C(C)(C)C3=CC5CC(C)C([Si](C)(C)N(C6CCCCC6)C(C)(C)C)C5C=C34)c3cc(C(C)(C)C)ccc3-c3ccc(C(C)(C)C)cc32)cc1. The first-order valence-electron chi connectivity index (χ1n) is 48.9. The van der Waals surface area contributed by atoms with Crippen molar-refractivity contribution in [1.29, 1.82) is 0 Å². The quantitative estimate of drug-likeness (QED) is 0.126. The van der Waals surface area contributed by atoms with Crippen LogP contribution in [0, 0.1) is 55.3 Å². The van der Waals surface area contributed by atoms with E-state index in [4.69, 9.17) is 0 Å². The van der Waals surface area contributed by atoms with E-state index in [0.717, 1.165) is 23.5 Å². The van der Waals surface area contributed by atoms with Crippen molar-refractivity contribution in [2.45, 2.75) is 361 Å². The molecular weight excluding hydrogens is 1510 g/mol. The van der Waals surface area contributed by atoms with E-state index in [1.165, 1.54) is 199 Å². The Bertz CT molecular complexity index is 5450. The number of aryl methyl sites for hydroxylation is 2. The molecule has 4 saturated carbocycles. The van der Waals surface area contributed by atoms with Crippen molar-refractivity contribution in [2.24, 2.45) is 41.4 Å². The van der Waals surface area contributed by atoms with Crippen LogP contribution in [-0.4, -0.2) is 48.8 Å². The first-order valence-corrected chi connectivity index (χ1v) is 54.9. The zero-order valence-electron chi connectivity index (χ0n) is 82.3. The normalized spacial score (nSPS) is 25.0. The van der Waals surface area contributed by atoms with Crippen LogP contribution in [0.25, 0.3) is 33.4 Å². The molecule has 9 atom stereocenters. The molecular formula is C119H156N2Si2. The number of rotatable bonds is 10. The molecule has 0 radical (unpaired) electrons. The van der Waals surface area contributed by atoms with Gasteiger partial charge in [0.1, 0.15) is 16.5 Å². The highest BCUT2D eigenvalue weighted by Crippen LogP contribution is 2.68. The standard InChI is InChI=1S/C60H79NSi.C59H77NSi/c1-37-22-24-40(25-23-37)60(53-32-41(56(4,5)6)26-29-45(53)46-30-27-42(33-54(46)60)57(7,8)9)43-28-31-47-49-35-50-48(36-52(49)59(13,14)51(47)34-43)38(2)39(3)55(50)62(15,16)61(58(10,11)12)44-20-18-17-19-21-44;1-37-21-23-40(24-22-37)59(52-33-41(55(3,4)5)25-28-45(52)46-29-26-42(34-53(46)59)56(6,7)8)43-27-30-47-49-36-48-39(32-50(49)58(12,13)51(47)35-43)31-38(2)54(48)61(14,15)60(57(9,10)11)44-19-17-16-18-20-44/h22-36,38-39,44,48,50,55H,17-21H2,1-16H3;21-30,32-36,38-39,44,48,54H,16-20,31H2,1-15H3. The molecule has 8 aromatic carbocycles. The van der Waals surface area contributed by atoms with Gasteiger partial charge in [-0.15, -0.1) is 0 Å². The number of allylic oxidation sites excluding steroid dienone is 8. The van der Waals surface area contributed by atoms with E-state index >= 15 is 0 Å². The van der Waals surface area contributed by atoms with Crippen molar-refractivity contribution < 1.29 is 0 Å². The Kier molecular flexibility index (Phi) is 21.6. The summed E-state index contributed by atoms with van der Waals surface area (Å²) < 4.78 is 6.31. The Morgan fingerprint density at radius 1 is 0.317 bits per heavy atom. The molecule has 18 rings (SSSR count). The third-order valence-corrected chi connectivity index (χ3v) is 43.8. The topological polar surface area (TPSA) is 6.48 Å². The van der Waals surface area contributed by atoms with E-state index in [1.807, 2.05) is 0 Å². The summed E-state index contributed by atoms with van der Waals surface area (Å²) in [4.78, 5) is 0. The largest absolute Gasteiger partial charge is 0.316 e. The van der Waals surface area contributed by atoms with Gasteiger partial charge in [-0.3, -0.25) is 0 Å². The highest BCUT2D eigenvalue weighted by Gasteiger charge is 2.61. The van der Waals surface area contributed by atoms with Gasteiger partial charge >= 0.3 is 0 Å². The van der Waals surface area contributed by atoms with Crippen molar-refractivity contribution in [3.8, 4) is 22.3 Å². The van der Waals surface area contributed by atoms with Crippen molar-refractivity contribution in [2.75, 3.05) is 0 Å². The smallest absolute Gasteiger partial charge is 0.127 e. The Hall–Kier alpha value is -6.93. The number of hydrogen-bond donors (Lipinski definition) is 0. The zero-order valence-corrected chi connectivity index (χ0v) is 84.3. The van der Waals surface area contributed by atoms with Gasteiger partial charge in [-0.25, -0.2) is 0 Å². The fourth-order valence-corrected chi connectivity index (χ4v) is 40.8. The summed E-state index contributed by atoms with van der Waals surface area (Å²) in [6.07, 6.45) is 26.6. The number of fused-ring (bicyclic) bond motifs is 14. The first-order chi connectivity index (χ1) is 57.4. The lowest BCUT2D eigenvalue weighted by Gasteiger charge is -2.56.